The van der Waals surface area contributed by atoms with Gasteiger partial charge in [-0.1, -0.05) is 43.3 Å². The van der Waals surface area contributed by atoms with Gasteiger partial charge in [0.1, 0.15) is 0 Å². The molecule has 0 aromatic heterocycles. The van der Waals surface area contributed by atoms with E-state index < -0.39 is 5.92 Å². The van der Waals surface area contributed by atoms with E-state index in [0.29, 0.717) is 0 Å². The van der Waals surface area contributed by atoms with Gasteiger partial charge >= 0.3 is 0 Å². The second kappa shape index (κ2) is 5.39. The average Bonchev–Trinajstić information content (AvgIpc) is 2.47. The SMILES string of the molecule is CCC(F)(F)c1ccc(-c2ccc(NC)cc2)cc1. The lowest BCUT2D eigenvalue weighted by molar-refractivity contribution is -0.00826. The third kappa shape index (κ3) is 2.92. The summed E-state index contributed by atoms with van der Waals surface area (Å²) in [6.45, 7) is 1.49. The number of halogens is 2. The summed E-state index contributed by atoms with van der Waals surface area (Å²) in [5.41, 5.74) is 3.06. The minimum Gasteiger partial charge on any atom is -0.388 e. The highest BCUT2D eigenvalue weighted by Crippen LogP contribution is 2.32. The highest BCUT2D eigenvalue weighted by molar-refractivity contribution is 5.66. The second-order valence-electron chi connectivity index (χ2n) is 4.46. The smallest absolute Gasteiger partial charge is 0.273 e. The zero-order valence-corrected chi connectivity index (χ0v) is 11.1. The topological polar surface area (TPSA) is 12.0 Å². The molecule has 0 saturated carbocycles. The van der Waals surface area contributed by atoms with Crippen LogP contribution in [0.2, 0.25) is 0 Å². The minimum atomic E-state index is -2.74. The van der Waals surface area contributed by atoms with Crippen molar-refractivity contribution in [1.82, 2.24) is 0 Å². The van der Waals surface area contributed by atoms with Crippen LogP contribution >= 0.6 is 0 Å². The number of hydrogen-bond acceptors (Lipinski definition) is 1. The fourth-order valence-corrected chi connectivity index (χ4v) is 1.94. The van der Waals surface area contributed by atoms with Gasteiger partial charge in [0.05, 0.1) is 0 Å². The van der Waals surface area contributed by atoms with Crippen LogP contribution in [0.5, 0.6) is 0 Å². The Kier molecular flexibility index (Phi) is 3.84. The van der Waals surface area contributed by atoms with Crippen LogP contribution in [0.25, 0.3) is 11.1 Å². The van der Waals surface area contributed by atoms with Crippen molar-refractivity contribution in [3.8, 4) is 11.1 Å². The zero-order chi connectivity index (χ0) is 13.9. The van der Waals surface area contributed by atoms with Gasteiger partial charge in [-0.25, -0.2) is 8.78 Å². The first-order valence-corrected chi connectivity index (χ1v) is 6.33. The molecule has 100 valence electrons. The van der Waals surface area contributed by atoms with Crippen molar-refractivity contribution in [1.29, 1.82) is 0 Å². The Balaban J connectivity index is 2.27. The Hall–Kier alpha value is -1.90. The van der Waals surface area contributed by atoms with Crippen molar-refractivity contribution < 1.29 is 8.78 Å². The van der Waals surface area contributed by atoms with Crippen LogP contribution in [-0.4, -0.2) is 7.05 Å². The van der Waals surface area contributed by atoms with E-state index in [-0.39, 0.29) is 12.0 Å². The highest BCUT2D eigenvalue weighted by atomic mass is 19.3. The lowest BCUT2D eigenvalue weighted by Gasteiger charge is -2.14. The van der Waals surface area contributed by atoms with Gasteiger partial charge in [-0.3, -0.25) is 0 Å². The van der Waals surface area contributed by atoms with Crippen molar-refractivity contribution in [2.75, 3.05) is 12.4 Å². The number of benzene rings is 2. The van der Waals surface area contributed by atoms with Gasteiger partial charge in [-0.05, 0) is 23.3 Å². The first-order valence-electron chi connectivity index (χ1n) is 6.33. The van der Waals surface area contributed by atoms with Crippen molar-refractivity contribution in [2.45, 2.75) is 19.3 Å². The van der Waals surface area contributed by atoms with E-state index in [1.165, 1.54) is 19.1 Å². The monoisotopic (exact) mass is 261 g/mol. The van der Waals surface area contributed by atoms with E-state index in [9.17, 15) is 8.78 Å². The molecule has 1 N–H and O–H groups in total. The highest BCUT2D eigenvalue weighted by Gasteiger charge is 2.28. The molecule has 0 heterocycles. The number of anilines is 1. The molecule has 0 amide bonds. The molecule has 2 rings (SSSR count). The standard InChI is InChI=1S/C16H17F2N/c1-3-16(17,18)14-8-4-12(5-9-14)13-6-10-15(19-2)11-7-13/h4-11,19H,3H2,1-2H3. The Morgan fingerprint density at radius 1 is 0.895 bits per heavy atom. The molecule has 2 aromatic rings. The summed E-state index contributed by atoms with van der Waals surface area (Å²) in [6, 6.07) is 14.4. The van der Waals surface area contributed by atoms with E-state index in [1.807, 2.05) is 31.3 Å². The fourth-order valence-electron chi connectivity index (χ4n) is 1.94. The van der Waals surface area contributed by atoms with Crippen LogP contribution in [0.15, 0.2) is 48.5 Å². The van der Waals surface area contributed by atoms with E-state index in [0.717, 1.165) is 16.8 Å². The molecule has 2 aromatic carbocycles. The van der Waals surface area contributed by atoms with Gasteiger partial charge in [-0.2, -0.15) is 0 Å². The Labute approximate surface area is 112 Å². The quantitative estimate of drug-likeness (QED) is 0.825. The summed E-state index contributed by atoms with van der Waals surface area (Å²) in [5.74, 6) is -2.74. The number of hydrogen-bond donors (Lipinski definition) is 1. The van der Waals surface area contributed by atoms with Gasteiger partial charge in [0.15, 0.2) is 0 Å². The molecule has 0 bridgehead atoms. The van der Waals surface area contributed by atoms with Gasteiger partial charge in [0, 0.05) is 24.7 Å². The number of rotatable bonds is 4. The van der Waals surface area contributed by atoms with Gasteiger partial charge < -0.3 is 5.32 Å². The number of nitrogens with one attached hydrogen (secondary N) is 1. The first kappa shape index (κ1) is 13.5. The second-order valence-corrected chi connectivity index (χ2v) is 4.46. The van der Waals surface area contributed by atoms with Gasteiger partial charge in [-0.15, -0.1) is 0 Å². The van der Waals surface area contributed by atoms with Crippen LogP contribution in [0, 0.1) is 0 Å². The third-order valence-corrected chi connectivity index (χ3v) is 3.26. The first-order chi connectivity index (χ1) is 9.06. The van der Waals surface area contributed by atoms with Crippen molar-refractivity contribution >= 4 is 5.69 Å². The molecule has 0 atom stereocenters. The normalized spacial score (nSPS) is 11.4. The maximum Gasteiger partial charge on any atom is 0.273 e. The predicted molar refractivity (Wildman–Crippen MR) is 75.6 cm³/mol. The third-order valence-electron chi connectivity index (χ3n) is 3.26. The van der Waals surface area contributed by atoms with Crippen LogP contribution in [0.1, 0.15) is 18.9 Å². The minimum absolute atomic E-state index is 0.0746. The van der Waals surface area contributed by atoms with E-state index in [2.05, 4.69) is 5.32 Å². The summed E-state index contributed by atoms with van der Waals surface area (Å²) in [5, 5.41) is 3.04. The molecule has 0 spiro atoms. The summed E-state index contributed by atoms with van der Waals surface area (Å²) in [4.78, 5) is 0. The van der Waals surface area contributed by atoms with E-state index in [4.69, 9.17) is 0 Å². The van der Waals surface area contributed by atoms with Crippen LogP contribution < -0.4 is 5.32 Å². The molecular weight excluding hydrogens is 244 g/mol. The molecule has 0 fully saturated rings. The van der Waals surface area contributed by atoms with Crippen molar-refractivity contribution in [3.05, 3.63) is 54.1 Å². The van der Waals surface area contributed by atoms with Gasteiger partial charge in [0.25, 0.3) is 5.92 Å². The Morgan fingerprint density at radius 3 is 1.79 bits per heavy atom. The largest absolute Gasteiger partial charge is 0.388 e. The van der Waals surface area contributed by atoms with E-state index in [1.54, 1.807) is 12.1 Å². The zero-order valence-electron chi connectivity index (χ0n) is 11.1. The van der Waals surface area contributed by atoms with Crippen LogP contribution in [-0.2, 0) is 5.92 Å². The Morgan fingerprint density at radius 2 is 1.37 bits per heavy atom. The molecule has 1 nitrogen and oxygen atoms in total. The van der Waals surface area contributed by atoms with Crippen molar-refractivity contribution in [3.63, 3.8) is 0 Å². The van der Waals surface area contributed by atoms with Gasteiger partial charge in [0.2, 0.25) is 0 Å². The maximum atomic E-state index is 13.5. The predicted octanol–water partition coefficient (Wildman–Crippen LogP) is 4.90. The Bertz CT molecular complexity index is 530. The molecule has 19 heavy (non-hydrogen) atoms. The lowest BCUT2D eigenvalue weighted by atomic mass is 10.0. The van der Waals surface area contributed by atoms with Crippen LogP contribution in [0.3, 0.4) is 0 Å². The molecule has 0 radical (unpaired) electrons. The number of alkyl halides is 2. The summed E-state index contributed by atoms with van der Waals surface area (Å²) < 4.78 is 27.0. The summed E-state index contributed by atoms with van der Waals surface area (Å²) in [6.07, 6.45) is -0.177. The molecule has 0 aliphatic heterocycles. The maximum absolute atomic E-state index is 13.5. The van der Waals surface area contributed by atoms with Crippen LogP contribution in [0.4, 0.5) is 14.5 Å². The summed E-state index contributed by atoms with van der Waals surface area (Å²) >= 11 is 0. The summed E-state index contributed by atoms with van der Waals surface area (Å²) in [7, 11) is 1.86. The molecular formula is C16H17F2N. The molecule has 0 saturated heterocycles. The van der Waals surface area contributed by atoms with E-state index >= 15 is 0 Å². The van der Waals surface area contributed by atoms with Crippen molar-refractivity contribution in [2.24, 2.45) is 0 Å². The molecule has 0 aliphatic rings. The average molecular weight is 261 g/mol. The lowest BCUT2D eigenvalue weighted by Crippen LogP contribution is -2.10. The molecule has 3 heteroatoms. The fraction of sp³-hybridized carbons (Fsp3) is 0.250. The molecule has 0 aliphatic carbocycles. The molecule has 0 unspecified atom stereocenters.